The standard InChI is InChI=1S/C13H14N4O/c1-17-9-12(7-16-17)10-18-13-5-11(3-2-4-14)6-15-8-13/h5-9H,4,10,14H2,1H3. The van der Waals surface area contributed by atoms with E-state index in [-0.39, 0.29) is 0 Å². The highest BCUT2D eigenvalue weighted by Crippen LogP contribution is 2.12. The van der Waals surface area contributed by atoms with Gasteiger partial charge >= 0.3 is 0 Å². The van der Waals surface area contributed by atoms with Crippen LogP contribution >= 0.6 is 0 Å². The summed E-state index contributed by atoms with van der Waals surface area (Å²) in [6.45, 7) is 0.796. The Bertz CT molecular complexity index is 580. The van der Waals surface area contributed by atoms with Gasteiger partial charge in [-0.3, -0.25) is 9.67 Å². The van der Waals surface area contributed by atoms with E-state index < -0.39 is 0 Å². The average Bonchev–Trinajstić information content (AvgIpc) is 2.80. The van der Waals surface area contributed by atoms with E-state index in [0.29, 0.717) is 18.9 Å². The minimum Gasteiger partial charge on any atom is -0.487 e. The number of hydrogen-bond acceptors (Lipinski definition) is 4. The van der Waals surface area contributed by atoms with Crippen molar-refractivity contribution in [1.29, 1.82) is 0 Å². The van der Waals surface area contributed by atoms with E-state index in [0.717, 1.165) is 11.1 Å². The molecule has 0 bridgehead atoms. The van der Waals surface area contributed by atoms with Gasteiger partial charge in [-0.05, 0) is 6.07 Å². The minimum absolute atomic E-state index is 0.334. The number of ether oxygens (including phenoxy) is 1. The second kappa shape index (κ2) is 5.84. The first-order valence-corrected chi connectivity index (χ1v) is 5.52. The lowest BCUT2D eigenvalue weighted by atomic mass is 10.3. The maximum Gasteiger partial charge on any atom is 0.139 e. The van der Waals surface area contributed by atoms with Crippen molar-refractivity contribution < 1.29 is 4.74 Å². The Morgan fingerprint density at radius 1 is 1.39 bits per heavy atom. The predicted octanol–water partition coefficient (Wildman–Crippen LogP) is 0.704. The highest BCUT2D eigenvalue weighted by molar-refractivity contribution is 5.36. The van der Waals surface area contributed by atoms with Gasteiger partial charge in [-0.2, -0.15) is 5.10 Å². The molecule has 5 heteroatoms. The molecule has 0 aliphatic heterocycles. The normalized spacial score (nSPS) is 9.67. The Kier molecular flexibility index (Phi) is 3.94. The Hall–Kier alpha value is -2.32. The highest BCUT2D eigenvalue weighted by Gasteiger charge is 1.99. The van der Waals surface area contributed by atoms with Gasteiger partial charge in [0.2, 0.25) is 0 Å². The number of aromatic nitrogens is 3. The number of nitrogens with two attached hydrogens (primary N) is 1. The summed E-state index contributed by atoms with van der Waals surface area (Å²) in [6.07, 6.45) is 7.01. The molecule has 92 valence electrons. The Morgan fingerprint density at radius 3 is 3.00 bits per heavy atom. The maximum atomic E-state index is 5.61. The Labute approximate surface area is 106 Å². The van der Waals surface area contributed by atoms with Crippen LogP contribution in [0.25, 0.3) is 0 Å². The quantitative estimate of drug-likeness (QED) is 0.805. The van der Waals surface area contributed by atoms with Gasteiger partial charge in [0.25, 0.3) is 0 Å². The fraction of sp³-hybridized carbons (Fsp3) is 0.231. The van der Waals surface area contributed by atoms with E-state index in [1.807, 2.05) is 19.3 Å². The molecule has 0 aliphatic rings. The van der Waals surface area contributed by atoms with E-state index in [4.69, 9.17) is 10.5 Å². The van der Waals surface area contributed by atoms with Crippen molar-refractivity contribution in [2.45, 2.75) is 6.61 Å². The zero-order chi connectivity index (χ0) is 12.8. The molecule has 5 nitrogen and oxygen atoms in total. The molecule has 0 fully saturated rings. The van der Waals surface area contributed by atoms with Gasteiger partial charge in [0, 0.05) is 30.6 Å². The van der Waals surface area contributed by atoms with Crippen LogP contribution in [0.3, 0.4) is 0 Å². The van der Waals surface area contributed by atoms with Crippen LogP contribution in [0.15, 0.2) is 30.9 Å². The largest absolute Gasteiger partial charge is 0.487 e. The molecule has 0 saturated heterocycles. The van der Waals surface area contributed by atoms with E-state index in [2.05, 4.69) is 21.9 Å². The molecule has 0 amide bonds. The number of pyridine rings is 1. The number of rotatable bonds is 3. The molecule has 2 aromatic heterocycles. The van der Waals surface area contributed by atoms with Gasteiger partial charge in [-0.25, -0.2) is 0 Å². The highest BCUT2D eigenvalue weighted by atomic mass is 16.5. The first kappa shape index (κ1) is 12.1. The SMILES string of the molecule is Cn1cc(COc2cncc(C#CCN)c2)cn1. The first-order chi connectivity index (χ1) is 8.78. The molecule has 18 heavy (non-hydrogen) atoms. The summed E-state index contributed by atoms with van der Waals surface area (Å²) in [4.78, 5) is 4.07. The lowest BCUT2D eigenvalue weighted by Crippen LogP contribution is -1.96. The van der Waals surface area contributed by atoms with Crippen LogP contribution in [0.4, 0.5) is 0 Å². The van der Waals surface area contributed by atoms with E-state index >= 15 is 0 Å². The van der Waals surface area contributed by atoms with Crippen LogP contribution in [0.5, 0.6) is 5.75 Å². The lowest BCUT2D eigenvalue weighted by molar-refractivity contribution is 0.305. The van der Waals surface area contributed by atoms with Crippen LogP contribution in [0.1, 0.15) is 11.1 Å². The number of hydrogen-bond donors (Lipinski definition) is 1. The second-order valence-corrected chi connectivity index (χ2v) is 3.73. The van der Waals surface area contributed by atoms with Crippen molar-refractivity contribution >= 4 is 0 Å². The third-order valence-electron chi connectivity index (χ3n) is 2.21. The van der Waals surface area contributed by atoms with Crippen LogP contribution < -0.4 is 10.5 Å². The summed E-state index contributed by atoms with van der Waals surface area (Å²) < 4.78 is 7.35. The molecule has 0 atom stereocenters. The molecule has 2 N–H and O–H groups in total. The fourth-order valence-electron chi connectivity index (χ4n) is 1.43. The van der Waals surface area contributed by atoms with E-state index in [1.54, 1.807) is 23.3 Å². The van der Waals surface area contributed by atoms with Crippen molar-refractivity contribution in [2.24, 2.45) is 12.8 Å². The fourth-order valence-corrected chi connectivity index (χ4v) is 1.43. The molecule has 0 aliphatic carbocycles. The average molecular weight is 242 g/mol. The number of aryl methyl sites for hydroxylation is 1. The molecule has 0 spiro atoms. The summed E-state index contributed by atoms with van der Waals surface area (Å²) >= 11 is 0. The smallest absolute Gasteiger partial charge is 0.139 e. The van der Waals surface area contributed by atoms with Gasteiger partial charge in [0.15, 0.2) is 0 Å². The summed E-state index contributed by atoms with van der Waals surface area (Å²) in [7, 11) is 1.87. The van der Waals surface area contributed by atoms with Gasteiger partial charge < -0.3 is 10.5 Å². The van der Waals surface area contributed by atoms with Gasteiger partial charge in [-0.1, -0.05) is 11.8 Å². The number of nitrogens with zero attached hydrogens (tertiary/aromatic N) is 3. The molecular formula is C13H14N4O. The van der Waals surface area contributed by atoms with Crippen LogP contribution in [0, 0.1) is 11.8 Å². The molecule has 0 saturated carbocycles. The summed E-state index contributed by atoms with van der Waals surface area (Å²) in [5, 5.41) is 4.07. The maximum absolute atomic E-state index is 5.61. The second-order valence-electron chi connectivity index (χ2n) is 3.73. The molecule has 0 unspecified atom stereocenters. The predicted molar refractivity (Wildman–Crippen MR) is 67.7 cm³/mol. The Morgan fingerprint density at radius 2 is 2.28 bits per heavy atom. The first-order valence-electron chi connectivity index (χ1n) is 5.52. The van der Waals surface area contributed by atoms with Crippen molar-refractivity contribution in [3.63, 3.8) is 0 Å². The van der Waals surface area contributed by atoms with Crippen molar-refractivity contribution in [3.8, 4) is 17.6 Å². The summed E-state index contributed by atoms with van der Waals surface area (Å²) in [6, 6.07) is 1.84. The molecule has 0 aromatic carbocycles. The van der Waals surface area contributed by atoms with Crippen LogP contribution in [-0.2, 0) is 13.7 Å². The van der Waals surface area contributed by atoms with E-state index in [9.17, 15) is 0 Å². The van der Waals surface area contributed by atoms with Crippen LogP contribution in [-0.4, -0.2) is 21.3 Å². The zero-order valence-electron chi connectivity index (χ0n) is 10.1. The van der Waals surface area contributed by atoms with Crippen LogP contribution in [0.2, 0.25) is 0 Å². The van der Waals surface area contributed by atoms with Gasteiger partial charge in [0.1, 0.15) is 12.4 Å². The molecule has 2 heterocycles. The lowest BCUT2D eigenvalue weighted by Gasteiger charge is -2.03. The Balaban J connectivity index is 2.01. The molecular weight excluding hydrogens is 228 g/mol. The summed E-state index contributed by atoms with van der Waals surface area (Å²) in [5.74, 6) is 6.37. The van der Waals surface area contributed by atoms with E-state index in [1.165, 1.54) is 0 Å². The van der Waals surface area contributed by atoms with Crippen molar-refractivity contribution in [1.82, 2.24) is 14.8 Å². The third-order valence-corrected chi connectivity index (χ3v) is 2.21. The summed E-state index contributed by atoms with van der Waals surface area (Å²) in [5.41, 5.74) is 7.12. The van der Waals surface area contributed by atoms with Crippen molar-refractivity contribution in [3.05, 3.63) is 42.0 Å². The third kappa shape index (κ3) is 3.34. The monoisotopic (exact) mass is 242 g/mol. The molecule has 2 rings (SSSR count). The molecule has 0 radical (unpaired) electrons. The topological polar surface area (TPSA) is 66.0 Å². The van der Waals surface area contributed by atoms with Gasteiger partial charge in [-0.15, -0.1) is 0 Å². The zero-order valence-corrected chi connectivity index (χ0v) is 10.1. The molecule has 2 aromatic rings. The van der Waals surface area contributed by atoms with Crippen molar-refractivity contribution in [2.75, 3.05) is 6.54 Å². The minimum atomic E-state index is 0.334. The van der Waals surface area contributed by atoms with Gasteiger partial charge in [0.05, 0.1) is 18.9 Å².